The Labute approximate surface area is 97.9 Å². The van der Waals surface area contributed by atoms with Gasteiger partial charge in [-0.2, -0.15) is 0 Å². The molecule has 1 aromatic heterocycles. The molecule has 1 aliphatic heterocycles. The zero-order valence-electron chi connectivity index (χ0n) is 10.5. The summed E-state index contributed by atoms with van der Waals surface area (Å²) in [7, 11) is 0. The Hall–Kier alpha value is -1.09. The van der Waals surface area contributed by atoms with E-state index >= 15 is 0 Å². The van der Waals surface area contributed by atoms with Crippen LogP contribution in [0.2, 0.25) is 0 Å². The monoisotopic (exact) mass is 219 g/mol. The fourth-order valence-corrected chi connectivity index (χ4v) is 1.95. The maximum atomic E-state index is 4.47. The van der Waals surface area contributed by atoms with Gasteiger partial charge in [0.25, 0.3) is 0 Å². The van der Waals surface area contributed by atoms with Crippen molar-refractivity contribution in [3.8, 4) is 0 Å². The summed E-state index contributed by atoms with van der Waals surface area (Å²) in [6.45, 7) is 10.9. The predicted molar refractivity (Wildman–Crippen MR) is 68.0 cm³/mol. The van der Waals surface area contributed by atoms with E-state index in [1.54, 1.807) is 0 Å². The third-order valence-electron chi connectivity index (χ3n) is 3.05. The van der Waals surface area contributed by atoms with Crippen LogP contribution in [-0.4, -0.2) is 31.2 Å². The van der Waals surface area contributed by atoms with Gasteiger partial charge in [0.1, 0.15) is 5.82 Å². The maximum Gasteiger partial charge on any atom is 0.128 e. The SMILES string of the molecule is CC(C)(C)c1ccnc(N2CCNCC2)c1. The van der Waals surface area contributed by atoms with Crippen LogP contribution in [0.5, 0.6) is 0 Å². The first-order valence-corrected chi connectivity index (χ1v) is 5.99. The second-order valence-electron chi connectivity index (χ2n) is 5.39. The number of rotatable bonds is 1. The van der Waals surface area contributed by atoms with E-state index < -0.39 is 0 Å². The molecular formula is C13H21N3. The highest BCUT2D eigenvalue weighted by Crippen LogP contribution is 2.24. The standard InChI is InChI=1S/C13H21N3/c1-13(2,3)11-4-5-15-12(10-11)16-8-6-14-7-9-16/h4-5,10,14H,6-9H2,1-3H3. The van der Waals surface area contributed by atoms with E-state index in [-0.39, 0.29) is 5.41 Å². The summed E-state index contributed by atoms with van der Waals surface area (Å²) in [5, 5.41) is 3.36. The van der Waals surface area contributed by atoms with Gasteiger partial charge in [-0.3, -0.25) is 0 Å². The van der Waals surface area contributed by atoms with Crippen molar-refractivity contribution in [3.05, 3.63) is 23.9 Å². The van der Waals surface area contributed by atoms with Crippen molar-refractivity contribution in [2.45, 2.75) is 26.2 Å². The first-order valence-electron chi connectivity index (χ1n) is 5.99. The second kappa shape index (κ2) is 4.42. The van der Waals surface area contributed by atoms with E-state index in [0.29, 0.717) is 0 Å². The van der Waals surface area contributed by atoms with Crippen molar-refractivity contribution in [1.82, 2.24) is 10.3 Å². The van der Waals surface area contributed by atoms with Gasteiger partial charge in [-0.05, 0) is 23.1 Å². The lowest BCUT2D eigenvalue weighted by Gasteiger charge is -2.29. The smallest absolute Gasteiger partial charge is 0.128 e. The van der Waals surface area contributed by atoms with Crippen LogP contribution < -0.4 is 10.2 Å². The average molecular weight is 219 g/mol. The van der Waals surface area contributed by atoms with Gasteiger partial charge in [0, 0.05) is 32.4 Å². The van der Waals surface area contributed by atoms with E-state index in [0.717, 1.165) is 32.0 Å². The van der Waals surface area contributed by atoms with Crippen LogP contribution >= 0.6 is 0 Å². The third-order valence-corrected chi connectivity index (χ3v) is 3.05. The molecule has 0 spiro atoms. The Balaban J connectivity index is 2.21. The molecule has 0 aromatic carbocycles. The van der Waals surface area contributed by atoms with E-state index in [2.05, 4.69) is 48.1 Å². The molecule has 1 N–H and O–H groups in total. The summed E-state index contributed by atoms with van der Waals surface area (Å²) < 4.78 is 0. The normalized spacial score (nSPS) is 17.6. The first-order chi connectivity index (χ1) is 7.57. The summed E-state index contributed by atoms with van der Waals surface area (Å²) in [5.74, 6) is 1.12. The van der Waals surface area contributed by atoms with E-state index in [4.69, 9.17) is 0 Å². The number of nitrogens with one attached hydrogen (secondary N) is 1. The van der Waals surface area contributed by atoms with Crippen LogP contribution in [0.25, 0.3) is 0 Å². The summed E-state index contributed by atoms with van der Waals surface area (Å²) in [6, 6.07) is 4.34. The molecule has 0 unspecified atom stereocenters. The average Bonchev–Trinajstić information content (AvgIpc) is 2.29. The summed E-state index contributed by atoms with van der Waals surface area (Å²) in [6.07, 6.45) is 1.93. The molecule has 1 saturated heterocycles. The zero-order chi connectivity index (χ0) is 11.6. The molecule has 1 aromatic rings. The Morgan fingerprint density at radius 1 is 1.25 bits per heavy atom. The molecule has 0 amide bonds. The summed E-state index contributed by atoms with van der Waals surface area (Å²) in [4.78, 5) is 6.83. The Morgan fingerprint density at radius 2 is 1.94 bits per heavy atom. The minimum absolute atomic E-state index is 0.200. The first kappa shape index (κ1) is 11.4. The molecule has 2 heterocycles. The molecule has 3 nitrogen and oxygen atoms in total. The molecule has 1 aliphatic rings. The quantitative estimate of drug-likeness (QED) is 0.780. The fraction of sp³-hybridized carbons (Fsp3) is 0.615. The largest absolute Gasteiger partial charge is 0.354 e. The highest BCUT2D eigenvalue weighted by atomic mass is 15.2. The Morgan fingerprint density at radius 3 is 2.56 bits per heavy atom. The molecule has 0 aliphatic carbocycles. The van der Waals surface area contributed by atoms with Crippen LogP contribution in [0, 0.1) is 0 Å². The van der Waals surface area contributed by atoms with Gasteiger partial charge in [-0.1, -0.05) is 20.8 Å². The number of hydrogen-bond donors (Lipinski definition) is 1. The Kier molecular flexibility index (Phi) is 3.15. The molecule has 3 heteroatoms. The molecule has 1 fully saturated rings. The Bertz CT molecular complexity index is 348. The van der Waals surface area contributed by atoms with Crippen molar-refractivity contribution in [3.63, 3.8) is 0 Å². The number of hydrogen-bond acceptors (Lipinski definition) is 3. The van der Waals surface area contributed by atoms with Gasteiger partial charge in [0.2, 0.25) is 0 Å². The minimum Gasteiger partial charge on any atom is -0.354 e. The predicted octanol–water partition coefficient (Wildman–Crippen LogP) is 1.79. The van der Waals surface area contributed by atoms with E-state index in [1.807, 2.05) is 6.20 Å². The fourth-order valence-electron chi connectivity index (χ4n) is 1.95. The molecule has 16 heavy (non-hydrogen) atoms. The van der Waals surface area contributed by atoms with Crippen molar-refractivity contribution in [2.75, 3.05) is 31.1 Å². The second-order valence-corrected chi connectivity index (χ2v) is 5.39. The van der Waals surface area contributed by atoms with Gasteiger partial charge >= 0.3 is 0 Å². The van der Waals surface area contributed by atoms with Crippen LogP contribution in [0.1, 0.15) is 26.3 Å². The molecular weight excluding hydrogens is 198 g/mol. The van der Waals surface area contributed by atoms with Gasteiger partial charge in [0.05, 0.1) is 0 Å². The number of nitrogens with zero attached hydrogens (tertiary/aromatic N) is 2. The van der Waals surface area contributed by atoms with Crippen LogP contribution in [0.3, 0.4) is 0 Å². The number of aromatic nitrogens is 1. The van der Waals surface area contributed by atoms with Crippen LogP contribution in [0.4, 0.5) is 5.82 Å². The number of piperazine rings is 1. The lowest BCUT2D eigenvalue weighted by atomic mass is 9.88. The van der Waals surface area contributed by atoms with Gasteiger partial charge in [0.15, 0.2) is 0 Å². The third kappa shape index (κ3) is 2.53. The maximum absolute atomic E-state index is 4.47. The molecule has 2 rings (SSSR count). The van der Waals surface area contributed by atoms with Crippen molar-refractivity contribution < 1.29 is 0 Å². The summed E-state index contributed by atoms with van der Waals surface area (Å²) >= 11 is 0. The molecule has 0 atom stereocenters. The van der Waals surface area contributed by atoms with Gasteiger partial charge < -0.3 is 10.2 Å². The van der Waals surface area contributed by atoms with Gasteiger partial charge in [-0.25, -0.2) is 4.98 Å². The number of pyridine rings is 1. The highest BCUT2D eigenvalue weighted by Gasteiger charge is 2.17. The highest BCUT2D eigenvalue weighted by molar-refractivity contribution is 5.43. The number of anilines is 1. The molecule has 88 valence electrons. The zero-order valence-corrected chi connectivity index (χ0v) is 10.5. The van der Waals surface area contributed by atoms with Crippen molar-refractivity contribution >= 4 is 5.82 Å². The summed E-state index contributed by atoms with van der Waals surface area (Å²) in [5.41, 5.74) is 1.56. The lowest BCUT2D eigenvalue weighted by Crippen LogP contribution is -2.44. The van der Waals surface area contributed by atoms with Crippen molar-refractivity contribution in [1.29, 1.82) is 0 Å². The molecule has 0 radical (unpaired) electrons. The minimum atomic E-state index is 0.200. The van der Waals surface area contributed by atoms with E-state index in [1.165, 1.54) is 5.56 Å². The lowest BCUT2D eigenvalue weighted by molar-refractivity contribution is 0.575. The van der Waals surface area contributed by atoms with Gasteiger partial charge in [-0.15, -0.1) is 0 Å². The van der Waals surface area contributed by atoms with Crippen LogP contribution in [0.15, 0.2) is 18.3 Å². The molecule has 0 bridgehead atoms. The molecule has 0 saturated carbocycles. The van der Waals surface area contributed by atoms with Crippen LogP contribution in [-0.2, 0) is 5.41 Å². The van der Waals surface area contributed by atoms with E-state index in [9.17, 15) is 0 Å². The van der Waals surface area contributed by atoms with Crippen molar-refractivity contribution in [2.24, 2.45) is 0 Å². The topological polar surface area (TPSA) is 28.2 Å².